The van der Waals surface area contributed by atoms with Crippen molar-refractivity contribution >= 4 is 17.5 Å². The highest BCUT2D eigenvalue weighted by Crippen LogP contribution is 2.30. The van der Waals surface area contributed by atoms with Crippen LogP contribution in [0.3, 0.4) is 0 Å². The third kappa shape index (κ3) is 5.13. The number of carbonyl (C=O) groups is 2. The quantitative estimate of drug-likeness (QED) is 0.819. The van der Waals surface area contributed by atoms with Crippen molar-refractivity contribution in [3.8, 4) is 5.75 Å². The van der Waals surface area contributed by atoms with E-state index < -0.39 is 0 Å². The lowest BCUT2D eigenvalue weighted by atomic mass is 9.85. The Morgan fingerprint density at radius 3 is 2.57 bits per heavy atom. The minimum absolute atomic E-state index is 0.0274. The maximum absolute atomic E-state index is 13.3. The van der Waals surface area contributed by atoms with E-state index >= 15 is 0 Å². The van der Waals surface area contributed by atoms with Gasteiger partial charge in [-0.3, -0.25) is 14.5 Å². The van der Waals surface area contributed by atoms with Gasteiger partial charge in [0.25, 0.3) is 5.91 Å². The summed E-state index contributed by atoms with van der Waals surface area (Å²) >= 11 is 0. The highest BCUT2D eigenvalue weighted by Gasteiger charge is 2.28. The van der Waals surface area contributed by atoms with E-state index in [0.29, 0.717) is 30.2 Å². The Hall–Kier alpha value is -2.12. The Balaban J connectivity index is 1.88. The Morgan fingerprint density at radius 1 is 1.20 bits per heavy atom. The molecule has 0 aromatic heterocycles. The number of ether oxygens (including phenoxy) is 2. The van der Waals surface area contributed by atoms with Crippen molar-refractivity contribution in [1.82, 2.24) is 9.80 Å². The summed E-state index contributed by atoms with van der Waals surface area (Å²) in [5.74, 6) is 0.766. The van der Waals surface area contributed by atoms with Crippen LogP contribution in [-0.4, -0.2) is 74.7 Å². The predicted molar refractivity (Wildman–Crippen MR) is 117 cm³/mol. The Labute approximate surface area is 179 Å². The number of anilines is 1. The summed E-state index contributed by atoms with van der Waals surface area (Å²) in [7, 11) is 5.56. The zero-order valence-corrected chi connectivity index (χ0v) is 18.8. The second-order valence-corrected chi connectivity index (χ2v) is 8.86. The van der Waals surface area contributed by atoms with Crippen LogP contribution in [0.25, 0.3) is 0 Å². The average molecular weight is 418 g/mol. The summed E-state index contributed by atoms with van der Waals surface area (Å²) in [5.41, 5.74) is 1.09. The standard InChI is InChI=1S/C23H35N3O4/c1-15-12-25(3)16(2)14-30-20-10-9-18(24-22(27)17-7-6-8-17)11-19(20)23(28)26(4)13-21(15)29-5/h9-11,15-17,21H,6-8,12-14H2,1-5H3,(H,24,27)/t15-,16-,21+/m0/s1. The van der Waals surface area contributed by atoms with Gasteiger partial charge in [0.2, 0.25) is 5.91 Å². The van der Waals surface area contributed by atoms with Crippen LogP contribution in [0.5, 0.6) is 5.75 Å². The van der Waals surface area contributed by atoms with Gasteiger partial charge in [0, 0.05) is 44.9 Å². The molecule has 30 heavy (non-hydrogen) atoms. The van der Waals surface area contributed by atoms with Crippen molar-refractivity contribution in [2.75, 3.05) is 46.2 Å². The third-order valence-corrected chi connectivity index (χ3v) is 6.50. The number of methoxy groups -OCH3 is 1. The van der Waals surface area contributed by atoms with Crippen molar-refractivity contribution in [3.63, 3.8) is 0 Å². The minimum atomic E-state index is -0.138. The highest BCUT2D eigenvalue weighted by atomic mass is 16.5. The first-order valence-corrected chi connectivity index (χ1v) is 10.9. The second kappa shape index (κ2) is 9.79. The van der Waals surface area contributed by atoms with Gasteiger partial charge in [-0.2, -0.15) is 0 Å². The summed E-state index contributed by atoms with van der Waals surface area (Å²) in [6.45, 7) is 6.06. The number of nitrogens with zero attached hydrogens (tertiary/aromatic N) is 2. The van der Waals surface area contributed by atoms with E-state index in [0.717, 1.165) is 25.8 Å². The van der Waals surface area contributed by atoms with Crippen LogP contribution in [0.2, 0.25) is 0 Å². The molecule has 0 spiro atoms. The Kier molecular flexibility index (Phi) is 7.36. The zero-order valence-electron chi connectivity index (χ0n) is 18.8. The van der Waals surface area contributed by atoms with Gasteiger partial charge in [-0.05, 0) is 50.9 Å². The van der Waals surface area contributed by atoms with Gasteiger partial charge in [-0.25, -0.2) is 0 Å². The maximum atomic E-state index is 13.3. The van der Waals surface area contributed by atoms with Crippen LogP contribution in [0.1, 0.15) is 43.5 Å². The molecule has 1 heterocycles. The first-order chi connectivity index (χ1) is 14.3. The van der Waals surface area contributed by atoms with Crippen LogP contribution in [0.4, 0.5) is 5.69 Å². The lowest BCUT2D eigenvalue weighted by molar-refractivity contribution is -0.122. The summed E-state index contributed by atoms with van der Waals surface area (Å²) in [4.78, 5) is 29.6. The summed E-state index contributed by atoms with van der Waals surface area (Å²) in [5, 5.41) is 2.96. The van der Waals surface area contributed by atoms with Crippen molar-refractivity contribution < 1.29 is 19.1 Å². The fourth-order valence-electron chi connectivity index (χ4n) is 3.95. The van der Waals surface area contributed by atoms with Gasteiger partial charge in [0.1, 0.15) is 12.4 Å². The van der Waals surface area contributed by atoms with Crippen LogP contribution >= 0.6 is 0 Å². The van der Waals surface area contributed by atoms with Gasteiger partial charge in [0.05, 0.1) is 11.7 Å². The van der Waals surface area contributed by atoms with Crippen LogP contribution < -0.4 is 10.1 Å². The van der Waals surface area contributed by atoms with E-state index in [-0.39, 0.29) is 35.8 Å². The van der Waals surface area contributed by atoms with E-state index in [1.165, 1.54) is 0 Å². The molecule has 2 aliphatic rings. The van der Waals surface area contributed by atoms with E-state index in [2.05, 4.69) is 31.1 Å². The number of fused-ring (bicyclic) bond motifs is 1. The number of rotatable bonds is 3. The molecule has 7 nitrogen and oxygen atoms in total. The number of benzene rings is 1. The average Bonchev–Trinajstić information content (AvgIpc) is 2.67. The number of carbonyl (C=O) groups excluding carboxylic acids is 2. The molecule has 0 bridgehead atoms. The fraction of sp³-hybridized carbons (Fsp3) is 0.652. The molecule has 2 amide bonds. The molecular formula is C23H35N3O4. The number of hydrogen-bond acceptors (Lipinski definition) is 5. The van der Waals surface area contributed by atoms with E-state index in [1.54, 1.807) is 31.2 Å². The minimum Gasteiger partial charge on any atom is -0.491 e. The normalized spacial score (nSPS) is 26.6. The molecular weight excluding hydrogens is 382 g/mol. The van der Waals surface area contributed by atoms with Crippen molar-refractivity contribution in [2.45, 2.75) is 45.3 Å². The summed E-state index contributed by atoms with van der Waals surface area (Å²) in [6, 6.07) is 5.51. The Morgan fingerprint density at radius 2 is 1.93 bits per heavy atom. The molecule has 3 atom stereocenters. The van der Waals surface area contributed by atoms with E-state index in [1.807, 2.05) is 6.07 Å². The van der Waals surface area contributed by atoms with Crippen LogP contribution in [0, 0.1) is 11.8 Å². The third-order valence-electron chi connectivity index (χ3n) is 6.50. The molecule has 1 aromatic rings. The monoisotopic (exact) mass is 417 g/mol. The fourth-order valence-corrected chi connectivity index (χ4v) is 3.95. The molecule has 0 saturated heterocycles. The number of nitrogens with one attached hydrogen (secondary N) is 1. The van der Waals surface area contributed by atoms with Crippen molar-refractivity contribution in [3.05, 3.63) is 23.8 Å². The number of amides is 2. The zero-order chi connectivity index (χ0) is 21.8. The smallest absolute Gasteiger partial charge is 0.257 e. The maximum Gasteiger partial charge on any atom is 0.257 e. The van der Waals surface area contributed by atoms with Gasteiger partial charge in [-0.15, -0.1) is 0 Å². The Bertz CT molecular complexity index is 765. The molecule has 0 radical (unpaired) electrons. The molecule has 1 aliphatic carbocycles. The van der Waals surface area contributed by atoms with Crippen molar-refractivity contribution in [1.29, 1.82) is 0 Å². The molecule has 3 rings (SSSR count). The van der Waals surface area contributed by atoms with Crippen LogP contribution in [-0.2, 0) is 9.53 Å². The molecule has 1 saturated carbocycles. The highest BCUT2D eigenvalue weighted by molar-refractivity contribution is 5.99. The first kappa shape index (κ1) is 22.6. The van der Waals surface area contributed by atoms with Gasteiger partial charge < -0.3 is 19.7 Å². The summed E-state index contributed by atoms with van der Waals surface area (Å²) < 4.78 is 11.8. The van der Waals surface area contributed by atoms with Crippen molar-refractivity contribution in [2.24, 2.45) is 11.8 Å². The first-order valence-electron chi connectivity index (χ1n) is 10.9. The number of likely N-dealkylation sites (N-methyl/N-ethyl adjacent to an activating group) is 2. The molecule has 0 unspecified atom stereocenters. The lowest BCUT2D eigenvalue weighted by Crippen LogP contribution is -2.45. The summed E-state index contributed by atoms with van der Waals surface area (Å²) in [6.07, 6.45) is 2.90. The van der Waals surface area contributed by atoms with E-state index in [9.17, 15) is 9.59 Å². The van der Waals surface area contributed by atoms with E-state index in [4.69, 9.17) is 9.47 Å². The predicted octanol–water partition coefficient (Wildman–Crippen LogP) is 2.86. The van der Waals surface area contributed by atoms with Gasteiger partial charge in [-0.1, -0.05) is 13.3 Å². The van der Waals surface area contributed by atoms with Crippen LogP contribution in [0.15, 0.2) is 18.2 Å². The topological polar surface area (TPSA) is 71.1 Å². The second-order valence-electron chi connectivity index (χ2n) is 8.86. The largest absolute Gasteiger partial charge is 0.491 e. The lowest BCUT2D eigenvalue weighted by Gasteiger charge is -2.34. The molecule has 1 aromatic carbocycles. The molecule has 166 valence electrons. The van der Waals surface area contributed by atoms with Gasteiger partial charge >= 0.3 is 0 Å². The SMILES string of the molecule is CO[C@@H]1CN(C)C(=O)c2cc(NC(=O)C3CCC3)ccc2OC[C@H](C)N(C)C[C@@H]1C. The molecule has 1 N–H and O–H groups in total. The molecule has 1 fully saturated rings. The molecule has 1 aliphatic heterocycles. The van der Waals surface area contributed by atoms with Gasteiger partial charge in [0.15, 0.2) is 0 Å². The number of hydrogen-bond donors (Lipinski definition) is 1. The molecule has 7 heteroatoms.